The maximum atomic E-state index is 12.6. The molecule has 0 aromatic heterocycles. The Morgan fingerprint density at radius 2 is 0.892 bits per heavy atom. The summed E-state index contributed by atoms with van der Waals surface area (Å²) in [5.41, 5.74) is 5.51. The van der Waals surface area contributed by atoms with Gasteiger partial charge in [0.15, 0.2) is 0 Å². The van der Waals surface area contributed by atoms with Crippen LogP contribution in [0.3, 0.4) is 0 Å². The van der Waals surface area contributed by atoms with Crippen molar-refractivity contribution < 1.29 is 53.1 Å². The van der Waals surface area contributed by atoms with Gasteiger partial charge in [-0.25, -0.2) is 0 Å². The van der Waals surface area contributed by atoms with Crippen molar-refractivity contribution in [1.82, 2.24) is 0 Å². The number of aliphatic hydroxyl groups is 2. The predicted octanol–water partition coefficient (Wildman–Crippen LogP) is 9.63. The molecule has 11 nitrogen and oxygen atoms in total. The standard InChI is InChI=1S/C28H38O6.C26H34O5/c1-5-33-27(31)25(20-32-16-15-29)18-22(19-26(30)34-28(2,3)4)17-21-11-13-24(14-12-21)23-9-7-6-8-10-23;1-5-30-25(29)23(18-27)16-20(17-24(28)31-26(2,3)4)15-19-11-13-22(14-12-19)21-9-7-6-8-10-21/h6-14,22,25,29H,5,15-20H2,1-4H3;6-14,20,23,27H,5,15-18H2,1-4H3/t22-,25+;20-,23+/m11/s1. The largest absolute Gasteiger partial charge is 0.466 e. The minimum absolute atomic E-state index is 0.120. The molecule has 4 aromatic carbocycles. The summed E-state index contributed by atoms with van der Waals surface area (Å²) < 4.78 is 26.8. The highest BCUT2D eigenvalue weighted by atomic mass is 16.6. The molecule has 0 aliphatic carbocycles. The van der Waals surface area contributed by atoms with Crippen LogP contribution in [0.2, 0.25) is 0 Å². The normalized spacial score (nSPS) is 13.3. The van der Waals surface area contributed by atoms with Crippen molar-refractivity contribution in [3.05, 3.63) is 120 Å². The molecule has 4 rings (SSSR count). The fourth-order valence-electron chi connectivity index (χ4n) is 7.40. The fourth-order valence-corrected chi connectivity index (χ4v) is 7.40. The molecule has 0 heterocycles. The lowest BCUT2D eigenvalue weighted by Crippen LogP contribution is -2.29. The molecule has 0 bridgehead atoms. The molecule has 0 spiro atoms. The predicted molar refractivity (Wildman–Crippen MR) is 254 cm³/mol. The summed E-state index contributed by atoms with van der Waals surface area (Å²) in [5, 5.41) is 18.7. The molecule has 0 saturated heterocycles. The summed E-state index contributed by atoms with van der Waals surface area (Å²) in [4.78, 5) is 49.8. The molecule has 0 unspecified atom stereocenters. The molecular weight excluding hydrogens is 825 g/mol. The summed E-state index contributed by atoms with van der Waals surface area (Å²) in [6.07, 6.45) is 2.36. The lowest BCUT2D eigenvalue weighted by Gasteiger charge is -2.25. The quantitative estimate of drug-likeness (QED) is 0.0416. The maximum Gasteiger partial charge on any atom is 0.311 e. The second kappa shape index (κ2) is 27.8. The zero-order chi connectivity index (χ0) is 47.8. The number of ether oxygens (including phenoxy) is 5. The van der Waals surface area contributed by atoms with E-state index in [1.54, 1.807) is 13.8 Å². The minimum atomic E-state index is -0.657. The average Bonchev–Trinajstić information content (AvgIpc) is 3.25. The third-order valence-electron chi connectivity index (χ3n) is 10.2. The molecule has 0 fully saturated rings. The van der Waals surface area contributed by atoms with Crippen molar-refractivity contribution in [2.75, 3.05) is 39.6 Å². The van der Waals surface area contributed by atoms with Gasteiger partial charge in [-0.3, -0.25) is 19.2 Å². The van der Waals surface area contributed by atoms with Gasteiger partial charge in [0.1, 0.15) is 11.2 Å². The van der Waals surface area contributed by atoms with Crippen LogP contribution < -0.4 is 0 Å². The van der Waals surface area contributed by atoms with Gasteiger partial charge in [0, 0.05) is 12.8 Å². The van der Waals surface area contributed by atoms with Gasteiger partial charge >= 0.3 is 23.9 Å². The van der Waals surface area contributed by atoms with Crippen LogP contribution in [0.4, 0.5) is 0 Å². The van der Waals surface area contributed by atoms with E-state index in [4.69, 9.17) is 28.8 Å². The van der Waals surface area contributed by atoms with E-state index in [0.29, 0.717) is 25.7 Å². The SMILES string of the molecule is CCOC(=O)[C@H](CO)C[C@H](CC(=O)OC(C)(C)C)Cc1ccc(-c2ccccc2)cc1.CCOC(=O)[C@H](COCCO)C[C@H](CC(=O)OC(C)(C)C)Cc1ccc(-c2ccccc2)cc1. The fraction of sp³-hybridized carbons (Fsp3) is 0.481. The lowest BCUT2D eigenvalue weighted by molar-refractivity contribution is -0.158. The van der Waals surface area contributed by atoms with Crippen LogP contribution >= 0.6 is 0 Å². The van der Waals surface area contributed by atoms with Crippen LogP contribution in [0.15, 0.2) is 109 Å². The van der Waals surface area contributed by atoms with Gasteiger partial charge in [0.05, 0.1) is 51.5 Å². The Morgan fingerprint density at radius 3 is 1.25 bits per heavy atom. The number of benzene rings is 4. The zero-order valence-electron chi connectivity index (χ0n) is 39.8. The van der Waals surface area contributed by atoms with Crippen molar-refractivity contribution >= 4 is 23.9 Å². The summed E-state index contributed by atoms with van der Waals surface area (Å²) in [5.74, 6) is -2.86. The molecule has 65 heavy (non-hydrogen) atoms. The van der Waals surface area contributed by atoms with Gasteiger partial charge in [0.2, 0.25) is 0 Å². The molecule has 4 atom stereocenters. The first-order valence-electron chi connectivity index (χ1n) is 22.8. The van der Waals surface area contributed by atoms with Crippen LogP contribution in [-0.2, 0) is 55.7 Å². The Hall–Kier alpha value is -5.36. The lowest BCUT2D eigenvalue weighted by atomic mass is 9.87. The monoisotopic (exact) mass is 897 g/mol. The van der Waals surface area contributed by atoms with Gasteiger partial charge in [-0.1, -0.05) is 109 Å². The molecule has 0 aliphatic rings. The van der Waals surface area contributed by atoms with E-state index >= 15 is 0 Å². The van der Waals surface area contributed by atoms with Crippen molar-refractivity contribution in [1.29, 1.82) is 0 Å². The second-order valence-corrected chi connectivity index (χ2v) is 18.2. The number of hydrogen-bond donors (Lipinski definition) is 2. The van der Waals surface area contributed by atoms with E-state index in [2.05, 4.69) is 60.7 Å². The Kier molecular flexibility index (Phi) is 23.1. The first kappa shape index (κ1) is 54.0. The molecule has 4 aromatic rings. The number of carbonyl (C=O) groups excluding carboxylic acids is 4. The minimum Gasteiger partial charge on any atom is -0.466 e. The van der Waals surface area contributed by atoms with E-state index < -0.39 is 29.0 Å². The summed E-state index contributed by atoms with van der Waals surface area (Å²) in [6, 6.07) is 36.7. The van der Waals surface area contributed by atoms with Gasteiger partial charge in [0.25, 0.3) is 0 Å². The van der Waals surface area contributed by atoms with E-state index in [-0.39, 0.29) is 82.2 Å². The molecule has 0 aliphatic heterocycles. The van der Waals surface area contributed by atoms with Gasteiger partial charge in [-0.05, 0) is 126 Å². The van der Waals surface area contributed by atoms with Crippen LogP contribution in [0, 0.1) is 23.7 Å². The summed E-state index contributed by atoms with van der Waals surface area (Å²) in [7, 11) is 0. The molecular formula is C54H72O11. The molecule has 0 radical (unpaired) electrons. The molecule has 2 N–H and O–H groups in total. The number of carbonyl (C=O) groups is 4. The number of hydrogen-bond acceptors (Lipinski definition) is 11. The highest BCUT2D eigenvalue weighted by Crippen LogP contribution is 2.28. The highest BCUT2D eigenvalue weighted by molar-refractivity contribution is 5.74. The number of rotatable bonds is 23. The zero-order valence-corrected chi connectivity index (χ0v) is 39.8. The van der Waals surface area contributed by atoms with Crippen LogP contribution in [0.5, 0.6) is 0 Å². The molecule has 354 valence electrons. The Balaban J connectivity index is 0.000000347. The second-order valence-electron chi connectivity index (χ2n) is 18.2. The van der Waals surface area contributed by atoms with E-state index in [0.717, 1.165) is 33.4 Å². The smallest absolute Gasteiger partial charge is 0.311 e. The average molecular weight is 897 g/mol. The van der Waals surface area contributed by atoms with Crippen LogP contribution in [-0.4, -0.2) is 84.9 Å². The van der Waals surface area contributed by atoms with Gasteiger partial charge < -0.3 is 33.9 Å². The van der Waals surface area contributed by atoms with Gasteiger partial charge in [-0.15, -0.1) is 0 Å². The molecule has 11 heteroatoms. The first-order valence-corrected chi connectivity index (χ1v) is 22.8. The number of aliphatic hydroxyl groups excluding tert-OH is 2. The Labute approximate surface area is 386 Å². The van der Waals surface area contributed by atoms with Crippen molar-refractivity contribution in [3.63, 3.8) is 0 Å². The third kappa shape index (κ3) is 21.5. The Bertz CT molecular complexity index is 1980. The number of esters is 4. The topological polar surface area (TPSA) is 155 Å². The Morgan fingerprint density at radius 1 is 0.523 bits per heavy atom. The van der Waals surface area contributed by atoms with E-state index in [9.17, 15) is 24.3 Å². The van der Waals surface area contributed by atoms with Crippen molar-refractivity contribution in [2.45, 2.75) is 105 Å². The molecule has 0 saturated carbocycles. The van der Waals surface area contributed by atoms with Crippen LogP contribution in [0.1, 0.15) is 92.2 Å². The maximum absolute atomic E-state index is 12.6. The third-order valence-corrected chi connectivity index (χ3v) is 10.2. The van der Waals surface area contributed by atoms with E-state index in [1.807, 2.05) is 90.1 Å². The molecule has 0 amide bonds. The van der Waals surface area contributed by atoms with Crippen molar-refractivity contribution in [2.24, 2.45) is 23.7 Å². The van der Waals surface area contributed by atoms with Crippen LogP contribution in [0.25, 0.3) is 22.3 Å². The first-order chi connectivity index (χ1) is 30.9. The van der Waals surface area contributed by atoms with E-state index in [1.165, 1.54) is 0 Å². The highest BCUT2D eigenvalue weighted by Gasteiger charge is 2.29. The summed E-state index contributed by atoms with van der Waals surface area (Å²) in [6.45, 7) is 14.9. The van der Waals surface area contributed by atoms with Gasteiger partial charge in [-0.2, -0.15) is 0 Å². The summed E-state index contributed by atoms with van der Waals surface area (Å²) >= 11 is 0. The van der Waals surface area contributed by atoms with Crippen molar-refractivity contribution in [3.8, 4) is 22.3 Å².